The Morgan fingerprint density at radius 3 is 2.45 bits per heavy atom. The number of thiol groups is 1. The number of ether oxygens (including phenoxy) is 1. The molecule has 1 aromatic heterocycles. The van der Waals surface area contributed by atoms with Crippen LogP contribution in [0.3, 0.4) is 0 Å². The maximum absolute atomic E-state index is 15.0. The van der Waals surface area contributed by atoms with Gasteiger partial charge < -0.3 is 15.0 Å². The molecule has 1 saturated heterocycles. The second-order valence-corrected chi connectivity index (χ2v) is 14.1. The Labute approximate surface area is 245 Å². The molecule has 220 valence electrons. The van der Waals surface area contributed by atoms with E-state index in [0.717, 1.165) is 5.56 Å². The lowest BCUT2D eigenvalue weighted by atomic mass is 10.00. The van der Waals surface area contributed by atoms with Gasteiger partial charge in [-0.2, -0.15) is 0 Å². The third-order valence-corrected chi connectivity index (χ3v) is 10.6. The molecule has 0 bridgehead atoms. The molecular weight excluding hydrogens is 556 g/mol. The molecular formula is C33H35F2N3O3S. The van der Waals surface area contributed by atoms with Crippen molar-refractivity contribution in [3.8, 4) is 11.5 Å². The molecule has 9 heteroatoms. The first-order valence-electron chi connectivity index (χ1n) is 13.7. The first-order valence-corrected chi connectivity index (χ1v) is 15.6. The molecule has 0 atom stereocenters. The first kappa shape index (κ1) is 29.4. The second-order valence-electron chi connectivity index (χ2n) is 11.6. The van der Waals surface area contributed by atoms with Crippen LogP contribution in [0.1, 0.15) is 56.6 Å². The van der Waals surface area contributed by atoms with E-state index in [4.69, 9.17) is 4.74 Å². The molecule has 3 aromatic carbocycles. The molecule has 0 amide bonds. The minimum absolute atomic E-state index is 0.107. The van der Waals surface area contributed by atoms with E-state index in [1.54, 1.807) is 43.3 Å². The van der Waals surface area contributed by atoms with E-state index in [0.29, 0.717) is 39.4 Å². The molecule has 2 heterocycles. The van der Waals surface area contributed by atoms with Crippen molar-refractivity contribution in [3.63, 3.8) is 0 Å². The van der Waals surface area contributed by atoms with Crippen molar-refractivity contribution < 1.29 is 22.5 Å². The summed E-state index contributed by atoms with van der Waals surface area (Å²) in [6.07, 6.45) is 1.47. The van der Waals surface area contributed by atoms with Gasteiger partial charge in [0.1, 0.15) is 11.6 Å². The van der Waals surface area contributed by atoms with Crippen molar-refractivity contribution in [2.75, 3.05) is 11.1 Å². The minimum atomic E-state index is -3.04. The number of ketones is 1. The number of anilines is 1. The van der Waals surface area contributed by atoms with E-state index in [9.17, 15) is 13.4 Å². The molecule has 6 nitrogen and oxygen atoms in total. The Bertz CT molecular complexity index is 1790. The fourth-order valence-corrected chi connectivity index (χ4v) is 8.51. The zero-order valence-corrected chi connectivity index (χ0v) is 25.2. The molecule has 1 fully saturated rings. The summed E-state index contributed by atoms with van der Waals surface area (Å²) in [5.41, 5.74) is 2.98. The average molecular weight is 592 g/mol. The van der Waals surface area contributed by atoms with Crippen LogP contribution in [0.25, 0.3) is 10.9 Å². The van der Waals surface area contributed by atoms with Crippen LogP contribution in [0.5, 0.6) is 11.5 Å². The summed E-state index contributed by atoms with van der Waals surface area (Å²) in [7, 11) is -3.04. The molecule has 0 unspecified atom stereocenters. The SMILES string of the molecule is C=C/C(C(=O)c1cc2cc(F)c([SH]3(=O)CC(C)(C)N3)cc2[nH]1)=C(\C)Nc1cc(Oc2ccccc2F)ccc1C(C)C. The lowest BCUT2D eigenvalue weighted by molar-refractivity contribution is 0.103. The van der Waals surface area contributed by atoms with Crippen LogP contribution in [0, 0.1) is 11.6 Å². The number of hydrogen-bond acceptors (Lipinski definition) is 4. The van der Waals surface area contributed by atoms with Gasteiger partial charge in [0.15, 0.2) is 11.6 Å². The first-order chi connectivity index (χ1) is 19.8. The quantitative estimate of drug-likeness (QED) is 0.0693. The Morgan fingerprint density at radius 1 is 1.10 bits per heavy atom. The molecule has 4 aromatic rings. The number of allylic oxidation sites excluding steroid dienone is 3. The lowest BCUT2D eigenvalue weighted by Gasteiger charge is -2.48. The number of Topliss-reactive ketones (excluding diaryl/α,β-unsaturated/α-hetero) is 1. The largest absolute Gasteiger partial charge is 0.454 e. The Hall–Kier alpha value is -4.08. The van der Waals surface area contributed by atoms with E-state index in [1.807, 2.05) is 33.8 Å². The van der Waals surface area contributed by atoms with Crippen LogP contribution in [0.15, 0.2) is 89.5 Å². The van der Waals surface area contributed by atoms with Crippen molar-refractivity contribution in [2.24, 2.45) is 0 Å². The second kappa shape index (κ2) is 11.0. The van der Waals surface area contributed by atoms with Gasteiger partial charge in [-0.1, -0.05) is 44.7 Å². The highest BCUT2D eigenvalue weighted by atomic mass is 32.3. The summed E-state index contributed by atoms with van der Waals surface area (Å²) >= 11 is 0. The minimum Gasteiger partial charge on any atom is -0.454 e. The topological polar surface area (TPSA) is 83.2 Å². The van der Waals surface area contributed by atoms with E-state index < -0.39 is 21.8 Å². The van der Waals surface area contributed by atoms with Crippen LogP contribution in [0.4, 0.5) is 14.5 Å². The molecule has 3 N–H and O–H groups in total. The van der Waals surface area contributed by atoms with E-state index >= 15 is 4.39 Å². The number of rotatable bonds is 9. The van der Waals surface area contributed by atoms with Gasteiger partial charge in [-0.15, -0.1) is 0 Å². The average Bonchev–Trinajstić information content (AvgIpc) is 3.31. The highest BCUT2D eigenvalue weighted by Crippen LogP contribution is 2.36. The summed E-state index contributed by atoms with van der Waals surface area (Å²) in [5.74, 6) is -0.338. The standard InChI is InChI=1S/C33H35F2N3O3S/c1-7-23(20(4)36-28-16-22(12-13-24(28)19(2)3)41-30-11-9-8-10-25(30)34)32(39)29-15-21-14-26(35)31(17-27(21)37-29)42(40)18-33(5,6)38-42/h7-17,19,36-37,42H,1,18H2,2-6H3,(H,38,40)/b23-20-. The third-order valence-electron chi connectivity index (χ3n) is 7.31. The van der Waals surface area contributed by atoms with Crippen molar-refractivity contribution in [3.05, 3.63) is 107 Å². The number of para-hydroxylation sites is 1. The van der Waals surface area contributed by atoms with Gasteiger partial charge in [-0.05, 0) is 78.8 Å². The maximum Gasteiger partial charge on any atom is 0.210 e. The smallest absolute Gasteiger partial charge is 0.210 e. The van der Waals surface area contributed by atoms with Gasteiger partial charge >= 0.3 is 0 Å². The number of hydrogen-bond donors (Lipinski definition) is 4. The predicted octanol–water partition coefficient (Wildman–Crippen LogP) is 7.79. The number of fused-ring (bicyclic) bond motifs is 1. The van der Waals surface area contributed by atoms with Gasteiger partial charge in [0, 0.05) is 45.2 Å². The van der Waals surface area contributed by atoms with E-state index in [-0.39, 0.29) is 33.6 Å². The fraction of sp³-hybridized carbons (Fsp3) is 0.242. The Balaban J connectivity index is 1.45. The summed E-state index contributed by atoms with van der Waals surface area (Å²) in [6, 6.07) is 16.0. The molecule has 0 spiro atoms. The van der Waals surface area contributed by atoms with Crippen molar-refractivity contribution in [1.29, 1.82) is 0 Å². The van der Waals surface area contributed by atoms with Crippen molar-refractivity contribution in [2.45, 2.75) is 51.0 Å². The number of H-pyrrole nitrogens is 1. The van der Waals surface area contributed by atoms with Crippen molar-refractivity contribution in [1.82, 2.24) is 9.71 Å². The number of carbonyl (C=O) groups excluding carboxylic acids is 1. The highest BCUT2D eigenvalue weighted by Gasteiger charge is 2.42. The fourth-order valence-electron chi connectivity index (χ4n) is 5.41. The highest BCUT2D eigenvalue weighted by molar-refractivity contribution is 8.02. The Morgan fingerprint density at radius 2 is 1.81 bits per heavy atom. The predicted molar refractivity (Wildman–Crippen MR) is 166 cm³/mol. The zero-order valence-electron chi connectivity index (χ0n) is 24.3. The summed E-state index contributed by atoms with van der Waals surface area (Å²) in [6.45, 7) is 13.5. The molecule has 0 saturated carbocycles. The van der Waals surface area contributed by atoms with Crippen LogP contribution < -0.4 is 14.8 Å². The number of nitrogens with one attached hydrogen (secondary N) is 3. The number of benzene rings is 3. The van der Waals surface area contributed by atoms with Crippen LogP contribution in [-0.4, -0.2) is 26.3 Å². The lowest BCUT2D eigenvalue weighted by Crippen LogP contribution is -2.65. The van der Waals surface area contributed by atoms with Crippen LogP contribution in [0.2, 0.25) is 0 Å². The number of aromatic amines is 1. The Kier molecular flexibility index (Phi) is 7.68. The molecule has 1 aliphatic rings. The van der Waals surface area contributed by atoms with Gasteiger partial charge in [-0.3, -0.25) is 9.00 Å². The molecule has 5 rings (SSSR count). The maximum atomic E-state index is 15.0. The van der Waals surface area contributed by atoms with E-state index in [2.05, 4.69) is 21.6 Å². The van der Waals surface area contributed by atoms with Crippen LogP contribution in [-0.2, 0) is 10.1 Å². The zero-order chi connectivity index (χ0) is 30.4. The number of halogens is 2. The van der Waals surface area contributed by atoms with E-state index in [1.165, 1.54) is 24.3 Å². The van der Waals surface area contributed by atoms with Gasteiger partial charge in [0.25, 0.3) is 0 Å². The summed E-state index contributed by atoms with van der Waals surface area (Å²) in [5, 5.41) is 3.82. The molecule has 0 radical (unpaired) electrons. The molecule has 1 aliphatic heterocycles. The monoisotopic (exact) mass is 591 g/mol. The van der Waals surface area contributed by atoms with Gasteiger partial charge in [0.2, 0.25) is 5.78 Å². The molecule has 42 heavy (non-hydrogen) atoms. The normalized spacial score (nSPS) is 16.9. The third kappa shape index (κ3) is 5.67. The van der Waals surface area contributed by atoms with Gasteiger partial charge in [-0.25, -0.2) is 13.5 Å². The number of carbonyl (C=O) groups is 1. The number of aromatic nitrogens is 1. The van der Waals surface area contributed by atoms with Crippen LogP contribution >= 0.6 is 0 Å². The van der Waals surface area contributed by atoms with Gasteiger partial charge in [0.05, 0.1) is 10.6 Å². The summed E-state index contributed by atoms with van der Waals surface area (Å²) in [4.78, 5) is 16.8. The summed E-state index contributed by atoms with van der Waals surface area (Å²) < 4.78 is 51.3. The molecule has 0 aliphatic carbocycles. The van der Waals surface area contributed by atoms with Crippen molar-refractivity contribution >= 4 is 32.5 Å².